The molecule has 5 nitrogen and oxygen atoms in total. The number of hydrogen-bond donors (Lipinski definition) is 1. The summed E-state index contributed by atoms with van der Waals surface area (Å²) in [6.07, 6.45) is 4.07. The van der Waals surface area contributed by atoms with Gasteiger partial charge in [0.05, 0.1) is 17.8 Å². The Morgan fingerprint density at radius 1 is 1.21 bits per heavy atom. The van der Waals surface area contributed by atoms with E-state index in [-0.39, 0.29) is 18.1 Å². The van der Waals surface area contributed by atoms with Crippen molar-refractivity contribution in [3.63, 3.8) is 0 Å². The summed E-state index contributed by atoms with van der Waals surface area (Å²) in [5.41, 5.74) is 2.23. The number of nitrogens with one attached hydrogen (secondary N) is 1. The van der Waals surface area contributed by atoms with Gasteiger partial charge in [0.15, 0.2) is 0 Å². The Morgan fingerprint density at radius 2 is 2.00 bits per heavy atom. The van der Waals surface area contributed by atoms with Crippen LogP contribution in [0, 0.1) is 5.92 Å². The number of rotatable bonds is 7. The first kappa shape index (κ1) is 20.3. The summed E-state index contributed by atoms with van der Waals surface area (Å²) >= 11 is 0. The second-order valence-electron chi connectivity index (χ2n) is 7.86. The number of ether oxygens (including phenoxy) is 1. The first-order chi connectivity index (χ1) is 13.5. The van der Waals surface area contributed by atoms with Crippen molar-refractivity contribution in [2.75, 3.05) is 13.1 Å². The van der Waals surface area contributed by atoms with E-state index in [2.05, 4.69) is 33.4 Å². The molecule has 1 N–H and O–H groups in total. The third-order valence-electron chi connectivity index (χ3n) is 5.15. The van der Waals surface area contributed by atoms with Crippen molar-refractivity contribution < 1.29 is 9.53 Å². The van der Waals surface area contributed by atoms with E-state index in [1.807, 2.05) is 38.1 Å². The Morgan fingerprint density at radius 3 is 2.64 bits per heavy atom. The lowest BCUT2D eigenvalue weighted by Crippen LogP contribution is -2.40. The van der Waals surface area contributed by atoms with E-state index in [1.54, 1.807) is 13.1 Å². The Balaban J connectivity index is 1.59. The second-order valence-corrected chi connectivity index (χ2v) is 7.86. The average Bonchev–Trinajstić information content (AvgIpc) is 2.67. The summed E-state index contributed by atoms with van der Waals surface area (Å²) in [5.74, 6) is 1.34. The van der Waals surface area contributed by atoms with Crippen molar-refractivity contribution in [2.45, 2.75) is 52.3 Å². The van der Waals surface area contributed by atoms with Gasteiger partial charge >= 0.3 is 0 Å². The number of carbonyl (C=O) groups excluding carboxylic acids is 1. The van der Waals surface area contributed by atoms with E-state index in [0.29, 0.717) is 5.92 Å². The maximum atomic E-state index is 11.7. The highest BCUT2D eigenvalue weighted by atomic mass is 16.5. The number of aromatic nitrogens is 1. The zero-order valence-electron chi connectivity index (χ0n) is 17.1. The van der Waals surface area contributed by atoms with Gasteiger partial charge in [-0.15, -0.1) is 0 Å². The van der Waals surface area contributed by atoms with Gasteiger partial charge in [0.25, 0.3) is 0 Å². The summed E-state index contributed by atoms with van der Waals surface area (Å²) in [5, 5.41) is 3.12. The number of piperidine rings is 1. The smallest absolute Gasteiger partial charge is 0.217 e. The largest absolute Gasteiger partial charge is 0.491 e. The van der Waals surface area contributed by atoms with Crippen LogP contribution >= 0.6 is 0 Å². The fraction of sp³-hybridized carbons (Fsp3) is 0.478. The molecule has 1 fully saturated rings. The third kappa shape index (κ3) is 5.80. The Hall–Kier alpha value is -2.40. The van der Waals surface area contributed by atoms with Crippen molar-refractivity contribution >= 4 is 5.91 Å². The van der Waals surface area contributed by atoms with Gasteiger partial charge in [-0.1, -0.05) is 18.2 Å². The summed E-state index contributed by atoms with van der Waals surface area (Å²) in [6, 6.07) is 14.3. The van der Waals surface area contributed by atoms with Crippen molar-refractivity contribution in [1.82, 2.24) is 15.2 Å². The molecule has 0 saturated carbocycles. The summed E-state index contributed by atoms with van der Waals surface area (Å²) in [4.78, 5) is 18.7. The molecule has 0 radical (unpaired) electrons. The molecule has 1 amide bonds. The molecular formula is C23H31N3O2. The second kappa shape index (κ2) is 9.69. The number of carbonyl (C=O) groups is 1. The number of benzene rings is 1. The molecule has 3 rings (SSSR count). The van der Waals surface area contributed by atoms with Crippen LogP contribution in [-0.4, -0.2) is 35.0 Å². The van der Waals surface area contributed by atoms with Crippen LogP contribution < -0.4 is 10.1 Å². The van der Waals surface area contributed by atoms with E-state index in [9.17, 15) is 4.79 Å². The number of amides is 1. The minimum absolute atomic E-state index is 0.0000464. The highest BCUT2D eigenvalue weighted by Crippen LogP contribution is 2.30. The Labute approximate surface area is 168 Å². The van der Waals surface area contributed by atoms with Crippen molar-refractivity contribution in [2.24, 2.45) is 5.92 Å². The molecule has 1 aromatic heterocycles. The Kier molecular flexibility index (Phi) is 7.04. The van der Waals surface area contributed by atoms with Gasteiger partial charge in [-0.2, -0.15) is 0 Å². The van der Waals surface area contributed by atoms with E-state index >= 15 is 0 Å². The molecule has 0 unspecified atom stereocenters. The average molecular weight is 382 g/mol. The number of hydrogen-bond acceptors (Lipinski definition) is 4. The topological polar surface area (TPSA) is 54.5 Å². The van der Waals surface area contributed by atoms with Gasteiger partial charge < -0.3 is 10.1 Å². The van der Waals surface area contributed by atoms with E-state index < -0.39 is 0 Å². The van der Waals surface area contributed by atoms with E-state index in [0.717, 1.165) is 43.9 Å². The summed E-state index contributed by atoms with van der Waals surface area (Å²) in [7, 11) is 0. The molecular weight excluding hydrogens is 350 g/mol. The van der Waals surface area contributed by atoms with Gasteiger partial charge in [0, 0.05) is 19.7 Å². The fourth-order valence-electron chi connectivity index (χ4n) is 3.90. The van der Waals surface area contributed by atoms with Gasteiger partial charge in [-0.25, -0.2) is 0 Å². The monoisotopic (exact) mass is 381 g/mol. The predicted molar refractivity (Wildman–Crippen MR) is 111 cm³/mol. The summed E-state index contributed by atoms with van der Waals surface area (Å²) in [6.45, 7) is 8.63. The highest BCUT2D eigenvalue weighted by Gasteiger charge is 2.29. The minimum Gasteiger partial charge on any atom is -0.491 e. The highest BCUT2D eigenvalue weighted by molar-refractivity contribution is 5.73. The zero-order valence-corrected chi connectivity index (χ0v) is 17.1. The Bertz CT molecular complexity index is 755. The van der Waals surface area contributed by atoms with Gasteiger partial charge in [0.1, 0.15) is 5.75 Å². The molecule has 0 spiro atoms. The molecule has 1 saturated heterocycles. The quantitative estimate of drug-likeness (QED) is 0.789. The lowest BCUT2D eigenvalue weighted by Gasteiger charge is -2.36. The summed E-state index contributed by atoms with van der Waals surface area (Å²) < 4.78 is 5.81. The first-order valence-corrected chi connectivity index (χ1v) is 10.2. The van der Waals surface area contributed by atoms with E-state index in [4.69, 9.17) is 4.74 Å². The third-order valence-corrected chi connectivity index (χ3v) is 5.15. The molecule has 1 aliphatic rings. The normalized spacial score (nSPS) is 16.7. The van der Waals surface area contributed by atoms with Crippen LogP contribution in [0.15, 0.2) is 48.7 Å². The number of likely N-dealkylation sites (tertiary alicyclic amines) is 1. The van der Waals surface area contributed by atoms with Gasteiger partial charge in [-0.05, 0) is 75.5 Å². The maximum absolute atomic E-state index is 11.7. The van der Waals surface area contributed by atoms with Crippen LogP contribution in [0.1, 0.15) is 50.9 Å². The number of pyridine rings is 1. The van der Waals surface area contributed by atoms with Crippen molar-refractivity contribution in [1.29, 1.82) is 0 Å². The van der Waals surface area contributed by atoms with Gasteiger partial charge in [0.2, 0.25) is 5.91 Å². The molecule has 28 heavy (non-hydrogen) atoms. The maximum Gasteiger partial charge on any atom is 0.217 e. The molecule has 1 atom stereocenters. The van der Waals surface area contributed by atoms with Crippen LogP contribution in [0.25, 0.3) is 0 Å². The predicted octanol–water partition coefficient (Wildman–Crippen LogP) is 3.96. The van der Waals surface area contributed by atoms with Crippen molar-refractivity contribution in [3.05, 3.63) is 59.9 Å². The number of nitrogens with zero attached hydrogens (tertiary/aromatic N) is 2. The standard InChI is InChI=1S/C23H31N3O2/c1-17(2)28-21-8-6-7-19(15-21)16-26-13-10-20(11-14-26)23(25-18(3)27)22-9-4-5-12-24-22/h4-9,12,15,17,20,23H,10-11,13-14,16H2,1-3H3,(H,25,27)/t23-/m1/s1. The molecule has 2 heterocycles. The molecule has 150 valence electrons. The fourth-order valence-corrected chi connectivity index (χ4v) is 3.90. The van der Waals surface area contributed by atoms with E-state index in [1.165, 1.54) is 5.56 Å². The lowest BCUT2D eigenvalue weighted by atomic mass is 9.87. The molecule has 1 aliphatic heterocycles. The molecule has 0 aliphatic carbocycles. The van der Waals surface area contributed by atoms with Crippen molar-refractivity contribution in [3.8, 4) is 5.75 Å². The first-order valence-electron chi connectivity index (χ1n) is 10.2. The van der Waals surface area contributed by atoms with Crippen LogP contribution in [-0.2, 0) is 11.3 Å². The molecule has 2 aromatic rings. The van der Waals surface area contributed by atoms with Crippen LogP contribution in [0.3, 0.4) is 0 Å². The van der Waals surface area contributed by atoms with Crippen LogP contribution in [0.5, 0.6) is 5.75 Å². The van der Waals surface area contributed by atoms with Crippen LogP contribution in [0.4, 0.5) is 0 Å². The van der Waals surface area contributed by atoms with Gasteiger partial charge in [-0.3, -0.25) is 14.7 Å². The lowest BCUT2D eigenvalue weighted by molar-refractivity contribution is -0.120. The minimum atomic E-state index is -0.0105. The molecule has 0 bridgehead atoms. The van der Waals surface area contributed by atoms with Crippen LogP contribution in [0.2, 0.25) is 0 Å². The molecule has 5 heteroatoms. The SMILES string of the molecule is CC(=O)N[C@@H](c1ccccn1)C1CCN(Cc2cccc(OC(C)C)c2)CC1. The zero-order chi connectivity index (χ0) is 19.9. The molecule has 1 aromatic carbocycles.